The Morgan fingerprint density at radius 3 is 2.60 bits per heavy atom. The van der Waals surface area contributed by atoms with E-state index in [9.17, 15) is 0 Å². The molecule has 1 aromatic carbocycles. The van der Waals surface area contributed by atoms with E-state index in [0.29, 0.717) is 5.82 Å². The SMILES string of the molecule is CCCc1c(NN)ncnc1NCc1ccccc1C. The molecule has 1 heterocycles. The van der Waals surface area contributed by atoms with Crippen molar-refractivity contribution in [2.24, 2.45) is 5.84 Å². The van der Waals surface area contributed by atoms with Crippen molar-refractivity contribution in [2.75, 3.05) is 10.7 Å². The lowest BCUT2D eigenvalue weighted by molar-refractivity contribution is 0.896. The van der Waals surface area contributed by atoms with Crippen LogP contribution in [-0.4, -0.2) is 9.97 Å². The van der Waals surface area contributed by atoms with Crippen LogP contribution in [0.1, 0.15) is 30.0 Å². The van der Waals surface area contributed by atoms with Gasteiger partial charge in [-0.3, -0.25) is 0 Å². The molecule has 20 heavy (non-hydrogen) atoms. The van der Waals surface area contributed by atoms with Crippen molar-refractivity contribution in [3.63, 3.8) is 0 Å². The van der Waals surface area contributed by atoms with Gasteiger partial charge in [-0.05, 0) is 24.5 Å². The summed E-state index contributed by atoms with van der Waals surface area (Å²) in [6, 6.07) is 8.31. The molecule has 0 unspecified atom stereocenters. The van der Waals surface area contributed by atoms with Crippen LogP contribution in [0.3, 0.4) is 0 Å². The Morgan fingerprint density at radius 1 is 1.15 bits per heavy atom. The van der Waals surface area contributed by atoms with E-state index in [0.717, 1.165) is 30.8 Å². The van der Waals surface area contributed by atoms with Crippen LogP contribution < -0.4 is 16.6 Å². The number of nitrogen functional groups attached to an aromatic ring is 1. The topological polar surface area (TPSA) is 75.9 Å². The van der Waals surface area contributed by atoms with Crippen LogP contribution in [0.2, 0.25) is 0 Å². The standard InChI is InChI=1S/C15H21N5/c1-3-6-13-14(18-10-19-15(13)20-16)17-9-12-8-5-4-7-11(12)2/h4-5,7-8,10H,3,6,9,16H2,1-2H3,(H2,17,18,19,20). The van der Waals surface area contributed by atoms with E-state index in [1.165, 1.54) is 17.5 Å². The Morgan fingerprint density at radius 2 is 1.90 bits per heavy atom. The molecule has 0 radical (unpaired) electrons. The van der Waals surface area contributed by atoms with Gasteiger partial charge in [0.05, 0.1) is 0 Å². The molecule has 0 fully saturated rings. The summed E-state index contributed by atoms with van der Waals surface area (Å²) in [4.78, 5) is 8.49. The molecule has 0 aliphatic heterocycles. The Labute approximate surface area is 119 Å². The summed E-state index contributed by atoms with van der Waals surface area (Å²) < 4.78 is 0. The minimum atomic E-state index is 0.689. The van der Waals surface area contributed by atoms with E-state index in [1.54, 1.807) is 0 Å². The fourth-order valence-electron chi connectivity index (χ4n) is 2.16. The van der Waals surface area contributed by atoms with E-state index in [1.807, 2.05) is 12.1 Å². The molecule has 2 rings (SSSR count). The first-order chi connectivity index (χ1) is 9.76. The summed E-state index contributed by atoms with van der Waals surface area (Å²) in [5, 5.41) is 3.38. The van der Waals surface area contributed by atoms with Gasteiger partial charge in [0.25, 0.3) is 0 Å². The monoisotopic (exact) mass is 271 g/mol. The lowest BCUT2D eigenvalue weighted by atomic mass is 10.1. The molecule has 0 saturated carbocycles. The quantitative estimate of drug-likeness (QED) is 0.556. The zero-order valence-electron chi connectivity index (χ0n) is 12.0. The van der Waals surface area contributed by atoms with Gasteiger partial charge in [-0.1, -0.05) is 37.6 Å². The second-order valence-electron chi connectivity index (χ2n) is 4.72. The Kier molecular flexibility index (Phi) is 4.90. The lowest BCUT2D eigenvalue weighted by Gasteiger charge is -2.14. The molecule has 2 aromatic rings. The van der Waals surface area contributed by atoms with Gasteiger partial charge in [0.15, 0.2) is 0 Å². The maximum absolute atomic E-state index is 5.51. The van der Waals surface area contributed by atoms with Crippen LogP contribution in [0, 0.1) is 6.92 Å². The summed E-state index contributed by atoms with van der Waals surface area (Å²) >= 11 is 0. The van der Waals surface area contributed by atoms with Gasteiger partial charge in [-0.25, -0.2) is 15.8 Å². The number of nitrogens with one attached hydrogen (secondary N) is 2. The summed E-state index contributed by atoms with van der Waals surface area (Å²) in [5.74, 6) is 7.05. The first kappa shape index (κ1) is 14.3. The van der Waals surface area contributed by atoms with Gasteiger partial charge >= 0.3 is 0 Å². The third-order valence-corrected chi connectivity index (χ3v) is 3.29. The molecule has 0 amide bonds. The highest BCUT2D eigenvalue weighted by Gasteiger charge is 2.10. The number of hydrogen-bond acceptors (Lipinski definition) is 5. The fourth-order valence-corrected chi connectivity index (χ4v) is 2.16. The molecule has 0 saturated heterocycles. The van der Waals surface area contributed by atoms with Crippen molar-refractivity contribution in [1.82, 2.24) is 9.97 Å². The molecule has 0 aliphatic carbocycles. The summed E-state index contributed by atoms with van der Waals surface area (Å²) in [7, 11) is 0. The smallest absolute Gasteiger partial charge is 0.148 e. The first-order valence-electron chi connectivity index (χ1n) is 6.85. The van der Waals surface area contributed by atoms with Crippen molar-refractivity contribution in [2.45, 2.75) is 33.2 Å². The summed E-state index contributed by atoms with van der Waals surface area (Å²) in [6.07, 6.45) is 3.42. The molecule has 5 nitrogen and oxygen atoms in total. The fraction of sp³-hybridized carbons (Fsp3) is 0.333. The zero-order chi connectivity index (χ0) is 14.4. The third kappa shape index (κ3) is 3.24. The molecule has 0 spiro atoms. The highest BCUT2D eigenvalue weighted by molar-refractivity contribution is 5.57. The van der Waals surface area contributed by atoms with Crippen molar-refractivity contribution in [3.05, 3.63) is 47.3 Å². The molecule has 0 atom stereocenters. The third-order valence-electron chi connectivity index (χ3n) is 3.29. The van der Waals surface area contributed by atoms with Gasteiger partial charge < -0.3 is 10.7 Å². The largest absolute Gasteiger partial charge is 0.366 e. The molecule has 0 aliphatic rings. The van der Waals surface area contributed by atoms with Crippen LogP contribution in [0.5, 0.6) is 0 Å². The molecule has 0 bridgehead atoms. The van der Waals surface area contributed by atoms with Crippen molar-refractivity contribution < 1.29 is 0 Å². The summed E-state index contributed by atoms with van der Waals surface area (Å²) in [5.41, 5.74) is 6.20. The maximum Gasteiger partial charge on any atom is 0.148 e. The van der Waals surface area contributed by atoms with Crippen molar-refractivity contribution >= 4 is 11.6 Å². The Balaban J connectivity index is 2.19. The number of aryl methyl sites for hydroxylation is 1. The van der Waals surface area contributed by atoms with E-state index < -0.39 is 0 Å². The minimum absolute atomic E-state index is 0.689. The highest BCUT2D eigenvalue weighted by Crippen LogP contribution is 2.21. The minimum Gasteiger partial charge on any atom is -0.366 e. The molecular formula is C15H21N5. The van der Waals surface area contributed by atoms with Crippen molar-refractivity contribution in [1.29, 1.82) is 0 Å². The van der Waals surface area contributed by atoms with Crippen LogP contribution >= 0.6 is 0 Å². The molecule has 106 valence electrons. The van der Waals surface area contributed by atoms with Gasteiger partial charge in [0, 0.05) is 12.1 Å². The molecule has 4 N–H and O–H groups in total. The van der Waals surface area contributed by atoms with Crippen LogP contribution in [0.4, 0.5) is 11.6 Å². The normalized spacial score (nSPS) is 10.3. The van der Waals surface area contributed by atoms with Crippen molar-refractivity contribution in [3.8, 4) is 0 Å². The van der Waals surface area contributed by atoms with E-state index in [-0.39, 0.29) is 0 Å². The number of nitrogens with zero attached hydrogens (tertiary/aromatic N) is 2. The second kappa shape index (κ2) is 6.86. The zero-order valence-corrected chi connectivity index (χ0v) is 12.0. The lowest BCUT2D eigenvalue weighted by Crippen LogP contribution is -2.14. The number of anilines is 2. The number of nitrogens with two attached hydrogens (primary N) is 1. The van der Waals surface area contributed by atoms with Crippen LogP contribution in [-0.2, 0) is 13.0 Å². The average molecular weight is 271 g/mol. The highest BCUT2D eigenvalue weighted by atomic mass is 15.3. The molecular weight excluding hydrogens is 250 g/mol. The Bertz CT molecular complexity index is 568. The summed E-state index contributed by atoms with van der Waals surface area (Å²) in [6.45, 7) is 4.97. The number of aromatic nitrogens is 2. The number of rotatable bonds is 6. The van der Waals surface area contributed by atoms with Gasteiger partial charge in [0.2, 0.25) is 0 Å². The predicted octanol–water partition coefficient (Wildman–Crippen LogP) is 2.64. The van der Waals surface area contributed by atoms with Crippen LogP contribution in [0.15, 0.2) is 30.6 Å². The van der Waals surface area contributed by atoms with Crippen LogP contribution in [0.25, 0.3) is 0 Å². The Hall–Kier alpha value is -2.14. The molecule has 1 aromatic heterocycles. The number of hydrazine groups is 1. The van der Waals surface area contributed by atoms with Gasteiger partial charge in [0.1, 0.15) is 18.0 Å². The average Bonchev–Trinajstić information content (AvgIpc) is 2.47. The first-order valence-corrected chi connectivity index (χ1v) is 6.85. The number of hydrogen-bond donors (Lipinski definition) is 3. The predicted molar refractivity (Wildman–Crippen MR) is 82.3 cm³/mol. The van der Waals surface area contributed by atoms with E-state index >= 15 is 0 Å². The molecule has 5 heteroatoms. The van der Waals surface area contributed by atoms with E-state index in [4.69, 9.17) is 5.84 Å². The van der Waals surface area contributed by atoms with Gasteiger partial charge in [-0.2, -0.15) is 0 Å². The van der Waals surface area contributed by atoms with Gasteiger partial charge in [-0.15, -0.1) is 0 Å². The van der Waals surface area contributed by atoms with E-state index in [2.05, 4.69) is 46.7 Å². The number of benzene rings is 1. The maximum atomic E-state index is 5.51. The second-order valence-corrected chi connectivity index (χ2v) is 4.72.